The molecule has 0 bridgehead atoms. The molecule has 166 valence electrons. The molecule has 2 atom stereocenters. The maximum atomic E-state index is 14.2. The molecule has 2 aromatic carbocycles. The summed E-state index contributed by atoms with van der Waals surface area (Å²) >= 11 is 0. The molecule has 1 saturated heterocycles. The quantitative estimate of drug-likeness (QED) is 0.722. The van der Waals surface area contributed by atoms with Crippen LogP contribution in [0.3, 0.4) is 0 Å². The molecule has 2 aromatic rings. The van der Waals surface area contributed by atoms with Gasteiger partial charge in [-0.15, -0.1) is 0 Å². The van der Waals surface area contributed by atoms with Crippen molar-refractivity contribution in [2.45, 2.75) is 31.4 Å². The molecule has 2 aliphatic heterocycles. The summed E-state index contributed by atoms with van der Waals surface area (Å²) in [6, 6.07) is 11.1. The van der Waals surface area contributed by atoms with E-state index in [1.807, 2.05) is 29.2 Å². The first kappa shape index (κ1) is 21.9. The van der Waals surface area contributed by atoms with Gasteiger partial charge in [-0.2, -0.15) is 5.26 Å². The molecular formula is C24H25FN4O3. The van der Waals surface area contributed by atoms with Gasteiger partial charge in [0.25, 0.3) is 0 Å². The molecule has 4 rings (SSSR count). The van der Waals surface area contributed by atoms with Crippen LogP contribution < -0.4 is 5.32 Å². The Morgan fingerprint density at radius 2 is 2.19 bits per heavy atom. The molecule has 2 amide bonds. The Labute approximate surface area is 186 Å². The number of rotatable bonds is 6. The minimum absolute atomic E-state index is 0.0622. The number of anilines is 1. The number of nitrogens with zero attached hydrogens (tertiary/aromatic N) is 3. The fraction of sp³-hybridized carbons (Fsp3) is 0.375. The van der Waals surface area contributed by atoms with Crippen molar-refractivity contribution in [2.24, 2.45) is 0 Å². The molecule has 2 N–H and O–H groups in total. The normalized spacial score (nSPS) is 18.7. The standard InChI is InChI=1S/C24H25FN4O3/c1-28(24(32)9-15-2-3-17-11-23(31)27-21(17)8-15)22(14-29-5-4-20(30)13-29)18-6-16(12-26)7-19(25)10-18/h2-3,6-8,10,20,22,30H,4-5,9,11,13-14H2,1H3,(H,27,31)/t20-,22+/m0/s1. The molecule has 2 aliphatic rings. The predicted octanol–water partition coefficient (Wildman–Crippen LogP) is 2.00. The highest BCUT2D eigenvalue weighted by Crippen LogP contribution is 2.27. The summed E-state index contributed by atoms with van der Waals surface area (Å²) in [5, 5.41) is 21.9. The second-order valence-electron chi connectivity index (χ2n) is 8.50. The van der Waals surface area contributed by atoms with Crippen LogP contribution in [0.1, 0.15) is 34.7 Å². The Kier molecular flexibility index (Phi) is 6.21. The van der Waals surface area contributed by atoms with Crippen molar-refractivity contribution in [3.05, 3.63) is 64.5 Å². The fourth-order valence-electron chi connectivity index (χ4n) is 4.39. The molecular weight excluding hydrogens is 411 g/mol. The van der Waals surface area contributed by atoms with Crippen LogP contribution >= 0.6 is 0 Å². The number of nitriles is 1. The second kappa shape index (κ2) is 9.07. The Bertz CT molecular complexity index is 1100. The molecule has 0 saturated carbocycles. The predicted molar refractivity (Wildman–Crippen MR) is 116 cm³/mol. The fourth-order valence-corrected chi connectivity index (χ4v) is 4.39. The lowest BCUT2D eigenvalue weighted by molar-refractivity contribution is -0.131. The van der Waals surface area contributed by atoms with E-state index in [9.17, 15) is 24.3 Å². The van der Waals surface area contributed by atoms with E-state index in [1.165, 1.54) is 12.1 Å². The molecule has 0 radical (unpaired) electrons. The van der Waals surface area contributed by atoms with Gasteiger partial charge in [-0.05, 0) is 47.4 Å². The van der Waals surface area contributed by atoms with Crippen LogP contribution in [0, 0.1) is 17.1 Å². The molecule has 0 spiro atoms. The van der Waals surface area contributed by atoms with E-state index in [0.29, 0.717) is 38.0 Å². The Hall–Kier alpha value is -3.28. The highest BCUT2D eigenvalue weighted by molar-refractivity contribution is 5.99. The number of β-amino-alcohol motifs (C(OH)–C–C–N with tert-alkyl or cyclic N) is 1. The molecule has 8 heteroatoms. The number of carbonyl (C=O) groups is 2. The van der Waals surface area contributed by atoms with Crippen molar-refractivity contribution < 1.29 is 19.1 Å². The lowest BCUT2D eigenvalue weighted by Gasteiger charge is -2.32. The summed E-state index contributed by atoms with van der Waals surface area (Å²) in [6.07, 6.45) is 0.700. The van der Waals surface area contributed by atoms with Crippen molar-refractivity contribution >= 4 is 17.5 Å². The number of aliphatic hydroxyl groups excluding tert-OH is 1. The number of likely N-dealkylation sites (tertiary alicyclic amines) is 1. The molecule has 0 aromatic heterocycles. The van der Waals surface area contributed by atoms with Crippen LogP contribution in [0.5, 0.6) is 0 Å². The van der Waals surface area contributed by atoms with Gasteiger partial charge >= 0.3 is 0 Å². The van der Waals surface area contributed by atoms with E-state index in [2.05, 4.69) is 5.32 Å². The van der Waals surface area contributed by atoms with Gasteiger partial charge in [-0.1, -0.05) is 12.1 Å². The van der Waals surface area contributed by atoms with Crippen LogP contribution in [0.15, 0.2) is 36.4 Å². The Morgan fingerprint density at radius 1 is 1.38 bits per heavy atom. The van der Waals surface area contributed by atoms with E-state index < -0.39 is 18.0 Å². The van der Waals surface area contributed by atoms with Crippen molar-refractivity contribution in [3.63, 3.8) is 0 Å². The number of carbonyl (C=O) groups excluding carboxylic acids is 2. The number of fused-ring (bicyclic) bond motifs is 1. The van der Waals surface area contributed by atoms with Crippen molar-refractivity contribution in [3.8, 4) is 6.07 Å². The maximum Gasteiger partial charge on any atom is 0.228 e. The van der Waals surface area contributed by atoms with E-state index in [1.54, 1.807) is 18.0 Å². The lowest BCUT2D eigenvalue weighted by Crippen LogP contribution is -2.39. The Balaban J connectivity index is 1.56. The highest BCUT2D eigenvalue weighted by atomic mass is 19.1. The molecule has 7 nitrogen and oxygen atoms in total. The van der Waals surface area contributed by atoms with E-state index in [4.69, 9.17) is 0 Å². The SMILES string of the molecule is CN(C(=O)Cc1ccc2c(c1)NC(=O)C2)[C@H](CN1CC[C@H](O)C1)c1cc(F)cc(C#N)c1. The summed E-state index contributed by atoms with van der Waals surface area (Å²) in [5.41, 5.74) is 3.15. The summed E-state index contributed by atoms with van der Waals surface area (Å²) in [4.78, 5) is 28.4. The molecule has 0 unspecified atom stereocenters. The minimum Gasteiger partial charge on any atom is -0.392 e. The number of amides is 2. The summed E-state index contributed by atoms with van der Waals surface area (Å²) in [5.74, 6) is -0.754. The van der Waals surface area contributed by atoms with Gasteiger partial charge in [0.1, 0.15) is 5.82 Å². The third-order valence-electron chi connectivity index (χ3n) is 6.13. The van der Waals surface area contributed by atoms with Crippen molar-refractivity contribution in [1.29, 1.82) is 5.26 Å². The number of nitrogens with one attached hydrogen (secondary N) is 1. The van der Waals surface area contributed by atoms with Crippen LogP contribution in [-0.2, 0) is 22.4 Å². The van der Waals surface area contributed by atoms with Gasteiger partial charge in [-0.25, -0.2) is 4.39 Å². The second-order valence-corrected chi connectivity index (χ2v) is 8.50. The monoisotopic (exact) mass is 436 g/mol. The van der Waals surface area contributed by atoms with Crippen molar-refractivity contribution in [2.75, 3.05) is 32.0 Å². The number of aliphatic hydroxyl groups is 1. The first-order valence-electron chi connectivity index (χ1n) is 10.6. The highest BCUT2D eigenvalue weighted by Gasteiger charge is 2.29. The van der Waals surface area contributed by atoms with E-state index >= 15 is 0 Å². The van der Waals surface area contributed by atoms with E-state index in [0.717, 1.165) is 16.8 Å². The molecule has 2 heterocycles. The first-order chi connectivity index (χ1) is 15.3. The topological polar surface area (TPSA) is 96.7 Å². The van der Waals surface area contributed by atoms with Gasteiger partial charge in [0.05, 0.1) is 36.6 Å². The van der Waals surface area contributed by atoms with Crippen LogP contribution in [0.4, 0.5) is 10.1 Å². The van der Waals surface area contributed by atoms with Crippen LogP contribution in [0.2, 0.25) is 0 Å². The van der Waals surface area contributed by atoms with Gasteiger partial charge in [0.2, 0.25) is 11.8 Å². The average Bonchev–Trinajstić information content (AvgIpc) is 3.34. The third-order valence-corrected chi connectivity index (χ3v) is 6.13. The molecule has 1 fully saturated rings. The number of likely N-dealkylation sites (N-methyl/N-ethyl adjacent to an activating group) is 1. The average molecular weight is 436 g/mol. The third kappa shape index (κ3) is 4.79. The summed E-state index contributed by atoms with van der Waals surface area (Å²) < 4.78 is 14.2. The van der Waals surface area contributed by atoms with Gasteiger partial charge in [0.15, 0.2) is 0 Å². The molecule has 0 aliphatic carbocycles. The van der Waals surface area contributed by atoms with Gasteiger partial charge in [0, 0.05) is 32.4 Å². The zero-order valence-electron chi connectivity index (χ0n) is 17.8. The number of halogens is 1. The summed E-state index contributed by atoms with van der Waals surface area (Å²) in [6.45, 7) is 1.60. The van der Waals surface area contributed by atoms with E-state index in [-0.39, 0.29) is 23.8 Å². The van der Waals surface area contributed by atoms with Gasteiger partial charge < -0.3 is 15.3 Å². The summed E-state index contributed by atoms with van der Waals surface area (Å²) in [7, 11) is 1.67. The van der Waals surface area contributed by atoms with Crippen molar-refractivity contribution in [1.82, 2.24) is 9.80 Å². The van der Waals surface area contributed by atoms with Crippen LogP contribution in [-0.4, -0.2) is 59.5 Å². The first-order valence-corrected chi connectivity index (χ1v) is 10.6. The largest absolute Gasteiger partial charge is 0.392 e. The zero-order chi connectivity index (χ0) is 22.8. The van der Waals surface area contributed by atoms with Gasteiger partial charge in [-0.3, -0.25) is 14.5 Å². The smallest absolute Gasteiger partial charge is 0.228 e. The zero-order valence-corrected chi connectivity index (χ0v) is 17.8. The number of benzene rings is 2. The Morgan fingerprint density at radius 3 is 2.91 bits per heavy atom. The molecule has 32 heavy (non-hydrogen) atoms. The minimum atomic E-state index is -0.527. The maximum absolute atomic E-state index is 14.2. The number of hydrogen-bond acceptors (Lipinski definition) is 5. The lowest BCUT2D eigenvalue weighted by atomic mass is 10.0. The van der Waals surface area contributed by atoms with Crippen LogP contribution in [0.25, 0.3) is 0 Å². The number of hydrogen-bond donors (Lipinski definition) is 2.